The third-order valence-electron chi connectivity index (χ3n) is 6.37. The van der Waals surface area contributed by atoms with Gasteiger partial charge < -0.3 is 10.2 Å². The van der Waals surface area contributed by atoms with E-state index < -0.39 is 0 Å². The van der Waals surface area contributed by atoms with E-state index in [2.05, 4.69) is 36.2 Å². The fourth-order valence-electron chi connectivity index (χ4n) is 4.43. The fraction of sp³-hybridized carbons (Fsp3) is 0.222. The Morgan fingerprint density at radius 1 is 0.897 bits per heavy atom. The van der Waals surface area contributed by atoms with Crippen LogP contribution in [-0.2, 0) is 6.54 Å². The first kappa shape index (κ1) is 26.5. The molecule has 1 saturated heterocycles. The Balaban J connectivity index is 1.36. The highest BCUT2D eigenvalue weighted by molar-refractivity contribution is 6.35. The number of carbonyl (C=O) groups is 2. The van der Waals surface area contributed by atoms with Gasteiger partial charge in [-0.25, -0.2) is 4.79 Å². The van der Waals surface area contributed by atoms with E-state index in [4.69, 9.17) is 23.2 Å². The Bertz CT molecular complexity index is 1400. The quantitative estimate of drug-likeness (QED) is 0.253. The number of tetrazole rings is 1. The van der Waals surface area contributed by atoms with Crippen molar-refractivity contribution in [3.8, 4) is 0 Å². The molecule has 2 heterocycles. The van der Waals surface area contributed by atoms with Crippen LogP contribution in [0.4, 0.5) is 27.8 Å². The van der Waals surface area contributed by atoms with Crippen molar-refractivity contribution in [1.82, 2.24) is 20.6 Å². The van der Waals surface area contributed by atoms with E-state index in [0.717, 1.165) is 30.0 Å². The summed E-state index contributed by atoms with van der Waals surface area (Å²) in [6, 6.07) is 19.5. The van der Waals surface area contributed by atoms with Gasteiger partial charge in [-0.1, -0.05) is 40.4 Å². The average molecular weight is 565 g/mol. The Morgan fingerprint density at radius 3 is 2.23 bits per heavy atom. The topological polar surface area (TPSA) is 119 Å². The van der Waals surface area contributed by atoms with Crippen molar-refractivity contribution in [2.75, 3.05) is 33.5 Å². The van der Waals surface area contributed by atoms with Gasteiger partial charge in [0, 0.05) is 45.8 Å². The molecule has 0 atom stereocenters. The first-order valence-electron chi connectivity index (χ1n) is 12.5. The smallest absolute Gasteiger partial charge is 0.326 e. The van der Waals surface area contributed by atoms with Crippen molar-refractivity contribution < 1.29 is 9.59 Å². The molecular formula is C27H26Cl2N8O2. The van der Waals surface area contributed by atoms with E-state index in [-0.39, 0.29) is 24.4 Å². The van der Waals surface area contributed by atoms with Crippen molar-refractivity contribution in [2.24, 2.45) is 0 Å². The number of H-pyrrole nitrogens is 1. The SMILES string of the molecule is O=C(Nc1nn[nH]n1)c1ccc(CN(C(=O)Nc2cc(Cl)cc(Cl)c2)c2ccc(N3CCCCC3)cc2)cc1. The molecule has 3 amide bonds. The van der Waals surface area contributed by atoms with E-state index in [1.807, 2.05) is 24.3 Å². The zero-order chi connectivity index (χ0) is 27.2. The van der Waals surface area contributed by atoms with Gasteiger partial charge in [-0.05, 0) is 84.6 Å². The van der Waals surface area contributed by atoms with Gasteiger partial charge in [0.1, 0.15) is 0 Å². The molecule has 5 rings (SSSR count). The molecule has 0 bridgehead atoms. The number of piperidine rings is 1. The molecule has 1 aliphatic heterocycles. The normalized spacial score (nSPS) is 13.1. The maximum absolute atomic E-state index is 13.5. The van der Waals surface area contributed by atoms with Gasteiger partial charge in [0.2, 0.25) is 0 Å². The average Bonchev–Trinajstić information content (AvgIpc) is 3.45. The Labute approximate surface area is 235 Å². The summed E-state index contributed by atoms with van der Waals surface area (Å²) in [5, 5.41) is 19.4. The fourth-order valence-corrected chi connectivity index (χ4v) is 4.95. The number of nitrogens with one attached hydrogen (secondary N) is 3. The highest BCUT2D eigenvalue weighted by atomic mass is 35.5. The molecular weight excluding hydrogens is 539 g/mol. The van der Waals surface area contributed by atoms with Crippen LogP contribution in [0.25, 0.3) is 0 Å². The molecule has 39 heavy (non-hydrogen) atoms. The van der Waals surface area contributed by atoms with Crippen LogP contribution < -0.4 is 20.4 Å². The van der Waals surface area contributed by atoms with Crippen molar-refractivity contribution in [2.45, 2.75) is 25.8 Å². The zero-order valence-electron chi connectivity index (χ0n) is 20.9. The van der Waals surface area contributed by atoms with Crippen LogP contribution in [0.15, 0.2) is 66.7 Å². The molecule has 0 saturated carbocycles. The second-order valence-corrected chi connectivity index (χ2v) is 10.00. The van der Waals surface area contributed by atoms with Gasteiger partial charge in [0.15, 0.2) is 0 Å². The van der Waals surface area contributed by atoms with Crippen LogP contribution in [0, 0.1) is 0 Å². The number of halogens is 2. The molecule has 4 aromatic rings. The number of aromatic amines is 1. The third-order valence-corrected chi connectivity index (χ3v) is 6.81. The van der Waals surface area contributed by atoms with Crippen LogP contribution in [0.3, 0.4) is 0 Å². The predicted molar refractivity (Wildman–Crippen MR) is 153 cm³/mol. The maximum Gasteiger partial charge on any atom is 0.326 e. The van der Waals surface area contributed by atoms with Gasteiger partial charge in [0.25, 0.3) is 11.9 Å². The summed E-state index contributed by atoms with van der Waals surface area (Å²) in [6.45, 7) is 2.33. The van der Waals surface area contributed by atoms with E-state index in [9.17, 15) is 9.59 Å². The molecule has 3 N–H and O–H groups in total. The summed E-state index contributed by atoms with van der Waals surface area (Å²) in [5.74, 6) is -0.287. The van der Waals surface area contributed by atoms with Crippen LogP contribution in [0.2, 0.25) is 10.0 Å². The lowest BCUT2D eigenvalue weighted by Gasteiger charge is -2.29. The van der Waals surface area contributed by atoms with Gasteiger partial charge >= 0.3 is 6.03 Å². The molecule has 0 unspecified atom stereocenters. The minimum absolute atomic E-state index is 0.0843. The van der Waals surface area contributed by atoms with Crippen molar-refractivity contribution in [3.05, 3.63) is 87.9 Å². The van der Waals surface area contributed by atoms with E-state index in [1.165, 1.54) is 19.3 Å². The van der Waals surface area contributed by atoms with E-state index in [0.29, 0.717) is 21.3 Å². The molecule has 200 valence electrons. The van der Waals surface area contributed by atoms with Gasteiger partial charge in [-0.3, -0.25) is 15.0 Å². The van der Waals surface area contributed by atoms with Crippen molar-refractivity contribution in [1.29, 1.82) is 0 Å². The maximum atomic E-state index is 13.5. The molecule has 0 radical (unpaired) electrons. The third kappa shape index (κ3) is 6.84. The lowest BCUT2D eigenvalue weighted by atomic mass is 10.1. The van der Waals surface area contributed by atoms with E-state index >= 15 is 0 Å². The number of amides is 3. The molecule has 10 nitrogen and oxygen atoms in total. The molecule has 3 aromatic carbocycles. The molecule has 12 heteroatoms. The summed E-state index contributed by atoms with van der Waals surface area (Å²) in [5.41, 5.74) is 3.59. The largest absolute Gasteiger partial charge is 0.372 e. The monoisotopic (exact) mass is 564 g/mol. The van der Waals surface area contributed by atoms with Crippen LogP contribution in [0.5, 0.6) is 0 Å². The second kappa shape index (κ2) is 12.1. The molecule has 1 aliphatic rings. The van der Waals surface area contributed by atoms with Gasteiger partial charge in [0.05, 0.1) is 6.54 Å². The van der Waals surface area contributed by atoms with Crippen molar-refractivity contribution >= 4 is 58.2 Å². The van der Waals surface area contributed by atoms with Crippen LogP contribution in [-0.4, -0.2) is 45.7 Å². The molecule has 1 fully saturated rings. The van der Waals surface area contributed by atoms with Crippen LogP contribution in [0.1, 0.15) is 35.2 Å². The number of carbonyl (C=O) groups excluding carboxylic acids is 2. The summed E-state index contributed by atoms with van der Waals surface area (Å²) in [4.78, 5) is 30.0. The van der Waals surface area contributed by atoms with E-state index in [1.54, 1.807) is 47.4 Å². The number of anilines is 4. The number of nitrogens with zero attached hydrogens (tertiary/aromatic N) is 5. The van der Waals surface area contributed by atoms with Crippen LogP contribution >= 0.6 is 23.2 Å². The number of rotatable bonds is 7. The second-order valence-electron chi connectivity index (χ2n) is 9.12. The summed E-state index contributed by atoms with van der Waals surface area (Å²) < 4.78 is 0. The molecule has 0 aliphatic carbocycles. The number of hydrogen-bond acceptors (Lipinski definition) is 6. The van der Waals surface area contributed by atoms with Crippen molar-refractivity contribution in [3.63, 3.8) is 0 Å². The number of urea groups is 1. The van der Waals surface area contributed by atoms with Gasteiger partial charge in [-0.15, -0.1) is 5.10 Å². The molecule has 1 aromatic heterocycles. The number of benzene rings is 3. The Kier molecular flexibility index (Phi) is 8.24. The summed E-state index contributed by atoms with van der Waals surface area (Å²) in [7, 11) is 0. The standard InChI is InChI=1S/C27H26Cl2N8O2/c28-20-14-21(29)16-22(15-20)30-27(39)37(24-10-8-23(9-11-24)36-12-2-1-3-13-36)17-18-4-6-19(7-5-18)25(38)31-26-32-34-35-33-26/h4-11,14-16H,1-3,12-13,17H2,(H,30,39)(H2,31,32,33,34,35,38). The lowest BCUT2D eigenvalue weighted by Crippen LogP contribution is -2.34. The Hall–Kier alpha value is -4.15. The summed E-state index contributed by atoms with van der Waals surface area (Å²) in [6.07, 6.45) is 3.62. The number of aromatic nitrogens is 4. The minimum atomic E-state index is -0.372. The Morgan fingerprint density at radius 2 is 1.59 bits per heavy atom. The first-order chi connectivity index (χ1) is 18.9. The highest BCUT2D eigenvalue weighted by Gasteiger charge is 2.19. The molecule has 0 spiro atoms. The zero-order valence-corrected chi connectivity index (χ0v) is 22.4. The lowest BCUT2D eigenvalue weighted by molar-refractivity contribution is 0.102. The predicted octanol–water partition coefficient (Wildman–Crippen LogP) is 5.99. The number of hydrogen-bond donors (Lipinski definition) is 3. The minimum Gasteiger partial charge on any atom is -0.372 e. The summed E-state index contributed by atoms with van der Waals surface area (Å²) >= 11 is 12.3. The van der Waals surface area contributed by atoms with Gasteiger partial charge in [-0.2, -0.15) is 5.21 Å². The first-order valence-corrected chi connectivity index (χ1v) is 13.2. The highest BCUT2D eigenvalue weighted by Crippen LogP contribution is 2.27.